The zero-order valence-corrected chi connectivity index (χ0v) is 18.7. The van der Waals surface area contributed by atoms with Crippen molar-refractivity contribution in [1.29, 1.82) is 5.26 Å². The number of nitriles is 1. The van der Waals surface area contributed by atoms with Crippen LogP contribution in [-0.2, 0) is 6.54 Å². The normalized spacial score (nSPS) is 13.5. The van der Waals surface area contributed by atoms with Gasteiger partial charge in [0.2, 0.25) is 5.95 Å². The number of hydrogen-bond acceptors (Lipinski definition) is 8. The number of nitrogens with zero attached hydrogens (tertiary/aromatic N) is 7. The summed E-state index contributed by atoms with van der Waals surface area (Å²) in [5, 5.41) is 12.8. The van der Waals surface area contributed by atoms with Gasteiger partial charge < -0.3 is 10.2 Å². The maximum absolute atomic E-state index is 9.58. The van der Waals surface area contributed by atoms with Gasteiger partial charge in [-0.15, -0.1) is 0 Å². The number of pyridine rings is 2. The highest BCUT2D eigenvalue weighted by Gasteiger charge is 2.17. The van der Waals surface area contributed by atoms with Crippen LogP contribution in [0.15, 0.2) is 42.7 Å². The van der Waals surface area contributed by atoms with E-state index in [0.717, 1.165) is 49.5 Å². The first-order valence-electron chi connectivity index (χ1n) is 9.71. The van der Waals surface area contributed by atoms with E-state index < -0.39 is 0 Å². The molecule has 3 aromatic rings. The summed E-state index contributed by atoms with van der Waals surface area (Å²) in [5.74, 6) is 0.456. The Morgan fingerprint density at radius 2 is 1.90 bits per heavy atom. The van der Waals surface area contributed by atoms with Gasteiger partial charge in [-0.3, -0.25) is 4.98 Å². The molecule has 0 aromatic carbocycles. The highest BCUT2D eigenvalue weighted by Crippen LogP contribution is 2.26. The Kier molecular flexibility index (Phi) is 6.35. The smallest absolute Gasteiger partial charge is 0.227 e. The third kappa shape index (κ3) is 4.83. The van der Waals surface area contributed by atoms with Gasteiger partial charge in [0, 0.05) is 42.2 Å². The molecule has 4 rings (SSSR count). The van der Waals surface area contributed by atoms with Crippen molar-refractivity contribution in [2.24, 2.45) is 0 Å². The second-order valence-corrected chi connectivity index (χ2v) is 8.71. The van der Waals surface area contributed by atoms with E-state index in [9.17, 15) is 5.26 Å². The number of aromatic nitrogens is 4. The molecule has 1 N–H and O–H groups in total. The van der Waals surface area contributed by atoms with E-state index >= 15 is 0 Å². The fourth-order valence-corrected chi connectivity index (χ4v) is 3.75. The molecular formula is C21H21IN8. The topological polar surface area (TPSA) is 93.9 Å². The molecule has 152 valence electrons. The molecule has 9 heteroatoms. The Bertz CT molecular complexity index is 1060. The van der Waals surface area contributed by atoms with E-state index in [1.54, 1.807) is 18.5 Å². The monoisotopic (exact) mass is 512 g/mol. The lowest BCUT2D eigenvalue weighted by atomic mass is 10.2. The Balaban J connectivity index is 1.54. The van der Waals surface area contributed by atoms with Gasteiger partial charge in [-0.05, 0) is 50.2 Å². The lowest BCUT2D eigenvalue weighted by Crippen LogP contribution is -2.19. The predicted octanol–water partition coefficient (Wildman–Crippen LogP) is 3.93. The van der Waals surface area contributed by atoms with Crippen LogP contribution < -0.4 is 10.2 Å². The Labute approximate surface area is 189 Å². The van der Waals surface area contributed by atoms with Gasteiger partial charge in [0.15, 0.2) is 5.69 Å². The first-order chi connectivity index (χ1) is 14.6. The molecule has 0 spiro atoms. The van der Waals surface area contributed by atoms with Crippen molar-refractivity contribution in [2.45, 2.75) is 19.4 Å². The SMILES string of the molecule is CN(I)Cc1ccc(Nc2nccc(-c3ccc(N4CCCC4)c(C#N)n3)n2)cn1. The van der Waals surface area contributed by atoms with Crippen molar-refractivity contribution in [3.63, 3.8) is 0 Å². The van der Waals surface area contributed by atoms with E-state index in [-0.39, 0.29) is 0 Å². The maximum atomic E-state index is 9.58. The third-order valence-corrected chi connectivity index (χ3v) is 5.15. The fourth-order valence-electron chi connectivity index (χ4n) is 3.40. The molecular weight excluding hydrogens is 491 g/mol. The van der Waals surface area contributed by atoms with Gasteiger partial charge in [0.05, 0.1) is 41.2 Å². The molecule has 8 nitrogen and oxygen atoms in total. The molecule has 30 heavy (non-hydrogen) atoms. The Morgan fingerprint density at radius 1 is 1.10 bits per heavy atom. The van der Waals surface area contributed by atoms with Crippen molar-refractivity contribution in [2.75, 3.05) is 30.4 Å². The highest BCUT2D eigenvalue weighted by molar-refractivity contribution is 14.1. The Hall–Kier alpha value is -2.84. The lowest BCUT2D eigenvalue weighted by Gasteiger charge is -2.18. The minimum absolute atomic E-state index is 0.433. The molecule has 1 aliphatic heterocycles. The molecule has 0 aliphatic carbocycles. The van der Waals surface area contributed by atoms with Crippen molar-refractivity contribution >= 4 is 40.2 Å². The molecule has 0 saturated carbocycles. The van der Waals surface area contributed by atoms with E-state index in [1.807, 2.05) is 34.4 Å². The summed E-state index contributed by atoms with van der Waals surface area (Å²) in [6.07, 6.45) is 5.75. The van der Waals surface area contributed by atoms with Crippen molar-refractivity contribution in [1.82, 2.24) is 23.0 Å². The predicted molar refractivity (Wildman–Crippen MR) is 124 cm³/mol. The third-order valence-electron chi connectivity index (χ3n) is 4.81. The van der Waals surface area contributed by atoms with Crippen LogP contribution >= 0.6 is 22.9 Å². The van der Waals surface area contributed by atoms with Crippen LogP contribution in [0.25, 0.3) is 11.4 Å². The summed E-state index contributed by atoms with van der Waals surface area (Å²) in [6, 6.07) is 11.8. The number of halogens is 1. The van der Waals surface area contributed by atoms with E-state index in [4.69, 9.17) is 0 Å². The summed E-state index contributed by atoms with van der Waals surface area (Å²) in [7, 11) is 2.00. The van der Waals surface area contributed by atoms with Crippen molar-refractivity contribution in [3.05, 3.63) is 54.1 Å². The quantitative estimate of drug-likeness (QED) is 0.393. The van der Waals surface area contributed by atoms with Crippen LogP contribution in [0.2, 0.25) is 0 Å². The van der Waals surface area contributed by atoms with Crippen LogP contribution in [-0.4, -0.2) is 43.2 Å². The van der Waals surface area contributed by atoms with Gasteiger partial charge in [-0.2, -0.15) is 5.26 Å². The number of anilines is 3. The van der Waals surface area contributed by atoms with E-state index in [2.05, 4.69) is 59.1 Å². The second-order valence-electron chi connectivity index (χ2n) is 7.06. The molecule has 1 aliphatic rings. The minimum atomic E-state index is 0.433. The van der Waals surface area contributed by atoms with Crippen LogP contribution in [0.5, 0.6) is 0 Å². The summed E-state index contributed by atoms with van der Waals surface area (Å²) >= 11 is 2.23. The van der Waals surface area contributed by atoms with Gasteiger partial charge in [0.1, 0.15) is 6.07 Å². The average molecular weight is 512 g/mol. The van der Waals surface area contributed by atoms with Crippen molar-refractivity contribution < 1.29 is 0 Å². The molecule has 4 heterocycles. The molecule has 0 unspecified atom stereocenters. The fraction of sp³-hybridized carbons (Fsp3) is 0.286. The van der Waals surface area contributed by atoms with Gasteiger partial charge in [0.25, 0.3) is 0 Å². The van der Waals surface area contributed by atoms with E-state index in [0.29, 0.717) is 23.0 Å². The van der Waals surface area contributed by atoms with Gasteiger partial charge >= 0.3 is 0 Å². The summed E-state index contributed by atoms with van der Waals surface area (Å²) in [5.41, 5.74) is 4.43. The van der Waals surface area contributed by atoms with Crippen molar-refractivity contribution in [3.8, 4) is 17.5 Å². The minimum Gasteiger partial charge on any atom is -0.369 e. The second kappa shape index (κ2) is 9.32. The Morgan fingerprint density at radius 3 is 2.60 bits per heavy atom. The first-order valence-corrected chi connectivity index (χ1v) is 10.7. The van der Waals surface area contributed by atoms with Crippen LogP contribution in [0.3, 0.4) is 0 Å². The van der Waals surface area contributed by atoms with Crippen LogP contribution in [0.1, 0.15) is 24.2 Å². The maximum Gasteiger partial charge on any atom is 0.227 e. The largest absolute Gasteiger partial charge is 0.369 e. The molecule has 0 bridgehead atoms. The van der Waals surface area contributed by atoms with Gasteiger partial charge in [-0.25, -0.2) is 18.1 Å². The van der Waals surface area contributed by atoms with Gasteiger partial charge in [-0.1, -0.05) is 0 Å². The zero-order valence-electron chi connectivity index (χ0n) is 16.6. The molecule has 0 radical (unpaired) electrons. The van der Waals surface area contributed by atoms with E-state index in [1.165, 1.54) is 0 Å². The average Bonchev–Trinajstić information content (AvgIpc) is 3.29. The molecule has 0 atom stereocenters. The summed E-state index contributed by atoms with van der Waals surface area (Å²) in [4.78, 5) is 20.1. The highest BCUT2D eigenvalue weighted by atomic mass is 127. The summed E-state index contributed by atoms with van der Waals surface area (Å²) < 4.78 is 2.04. The number of hydrogen-bond donors (Lipinski definition) is 1. The first kappa shape index (κ1) is 20.4. The molecule has 0 amide bonds. The summed E-state index contributed by atoms with van der Waals surface area (Å²) in [6.45, 7) is 2.71. The lowest BCUT2D eigenvalue weighted by molar-refractivity contribution is 0.598. The zero-order chi connectivity index (χ0) is 20.9. The molecule has 3 aromatic heterocycles. The van der Waals surface area contributed by atoms with Crippen LogP contribution in [0.4, 0.5) is 17.3 Å². The number of rotatable bonds is 6. The number of nitrogens with one attached hydrogen (secondary N) is 1. The van der Waals surface area contributed by atoms with Crippen LogP contribution in [0, 0.1) is 11.3 Å². The molecule has 1 saturated heterocycles. The molecule has 1 fully saturated rings. The standard InChI is InChI=1S/C21H21IN8/c1-29(22)14-16-5-4-15(13-25-16)26-21-24-9-8-18(28-21)17-6-7-20(19(12-23)27-17)30-10-2-3-11-30/h4-9,13H,2-3,10-11,14H2,1H3,(H,24,26,28).